The number of hydrogen-bond acceptors (Lipinski definition) is 0. The Morgan fingerprint density at radius 2 is 2.14 bits per heavy atom. The maximum atomic E-state index is 2.42. The molecule has 5 atom stereocenters. The van der Waals surface area contributed by atoms with Crippen molar-refractivity contribution in [2.75, 3.05) is 0 Å². The Bertz CT molecular complexity index is 232. The molecule has 0 nitrogen and oxygen atoms in total. The fourth-order valence-corrected chi connectivity index (χ4v) is 5.25. The molecule has 0 aliphatic heterocycles. The predicted molar refractivity (Wildman–Crippen MR) is 60.1 cm³/mol. The number of unbranched alkanes of at least 4 members (excludes halogenated alkanes) is 1. The lowest BCUT2D eigenvalue weighted by Gasteiger charge is -2.79. The minimum absolute atomic E-state index is 0.940. The van der Waals surface area contributed by atoms with E-state index in [4.69, 9.17) is 0 Å². The van der Waals surface area contributed by atoms with Crippen molar-refractivity contribution in [3.8, 4) is 0 Å². The van der Waals surface area contributed by atoms with Gasteiger partial charge < -0.3 is 0 Å². The van der Waals surface area contributed by atoms with Crippen molar-refractivity contribution in [2.45, 2.75) is 58.8 Å². The van der Waals surface area contributed by atoms with Gasteiger partial charge in [0.2, 0.25) is 0 Å². The predicted octanol–water partition coefficient (Wildman–Crippen LogP) is 4.25. The fraction of sp³-hybridized carbons (Fsp3) is 1.00. The van der Waals surface area contributed by atoms with Crippen molar-refractivity contribution in [3.05, 3.63) is 0 Å². The molecule has 0 bridgehead atoms. The number of rotatable bonds is 4. The van der Waals surface area contributed by atoms with Gasteiger partial charge in [0.1, 0.15) is 0 Å². The first-order chi connectivity index (χ1) is 6.84. The highest BCUT2D eigenvalue weighted by Gasteiger charge is 2.73. The third-order valence-corrected chi connectivity index (χ3v) is 5.98. The van der Waals surface area contributed by atoms with E-state index in [0.29, 0.717) is 0 Å². The van der Waals surface area contributed by atoms with Crippen LogP contribution in [0.1, 0.15) is 58.8 Å². The van der Waals surface area contributed by atoms with Crippen LogP contribution in [0.4, 0.5) is 0 Å². The second-order valence-corrected chi connectivity index (χ2v) is 6.01. The molecule has 0 aromatic carbocycles. The van der Waals surface area contributed by atoms with Crippen LogP contribution >= 0.6 is 0 Å². The van der Waals surface area contributed by atoms with Gasteiger partial charge >= 0.3 is 0 Å². The van der Waals surface area contributed by atoms with Gasteiger partial charge in [-0.3, -0.25) is 0 Å². The summed E-state index contributed by atoms with van der Waals surface area (Å²) in [6.45, 7) is 4.76. The van der Waals surface area contributed by atoms with Gasteiger partial charge in [-0.15, -0.1) is 0 Å². The minimum atomic E-state index is 0.940. The first kappa shape index (κ1) is 9.24. The van der Waals surface area contributed by atoms with Crippen molar-refractivity contribution < 1.29 is 0 Å². The van der Waals surface area contributed by atoms with E-state index in [-0.39, 0.29) is 0 Å². The first-order valence-electron chi connectivity index (χ1n) is 6.84. The first-order valence-corrected chi connectivity index (χ1v) is 6.84. The Kier molecular flexibility index (Phi) is 1.98. The summed E-state index contributed by atoms with van der Waals surface area (Å²) in [7, 11) is 0. The summed E-state index contributed by atoms with van der Waals surface area (Å²) >= 11 is 0. The topological polar surface area (TPSA) is 0 Å². The quantitative estimate of drug-likeness (QED) is 0.624. The van der Waals surface area contributed by atoms with Gasteiger partial charge in [-0.05, 0) is 54.8 Å². The van der Waals surface area contributed by atoms with E-state index < -0.39 is 0 Å². The molecule has 80 valence electrons. The molecule has 0 aromatic heterocycles. The van der Waals surface area contributed by atoms with Gasteiger partial charge in [-0.2, -0.15) is 0 Å². The van der Waals surface area contributed by atoms with Crippen LogP contribution in [-0.2, 0) is 0 Å². The van der Waals surface area contributed by atoms with Gasteiger partial charge in [0.15, 0.2) is 0 Å². The van der Waals surface area contributed by atoms with E-state index in [9.17, 15) is 0 Å². The highest BCUT2D eigenvalue weighted by Crippen LogP contribution is 2.80. The Labute approximate surface area is 88.5 Å². The molecule has 0 radical (unpaired) electrons. The van der Waals surface area contributed by atoms with Crippen molar-refractivity contribution in [1.29, 1.82) is 0 Å². The van der Waals surface area contributed by atoms with E-state index in [0.717, 1.165) is 17.3 Å². The van der Waals surface area contributed by atoms with Crippen molar-refractivity contribution in [2.24, 2.45) is 29.1 Å². The monoisotopic (exact) mass is 192 g/mol. The van der Waals surface area contributed by atoms with Gasteiger partial charge in [-0.1, -0.05) is 33.1 Å². The molecule has 3 fully saturated rings. The summed E-state index contributed by atoms with van der Waals surface area (Å²) in [6, 6.07) is 0. The van der Waals surface area contributed by atoms with Crippen molar-refractivity contribution >= 4 is 0 Å². The molecule has 0 amide bonds. The van der Waals surface area contributed by atoms with E-state index >= 15 is 0 Å². The van der Waals surface area contributed by atoms with Crippen LogP contribution in [0.2, 0.25) is 0 Å². The van der Waals surface area contributed by atoms with E-state index in [1.807, 2.05) is 0 Å². The third kappa shape index (κ3) is 0.823. The molecule has 0 heterocycles. The summed E-state index contributed by atoms with van der Waals surface area (Å²) in [4.78, 5) is 0. The van der Waals surface area contributed by atoms with Crippen LogP contribution in [-0.4, -0.2) is 0 Å². The van der Waals surface area contributed by atoms with E-state index in [1.165, 1.54) is 31.1 Å². The van der Waals surface area contributed by atoms with Crippen LogP contribution in [0.25, 0.3) is 0 Å². The highest BCUT2D eigenvalue weighted by molar-refractivity contribution is 5.21. The Morgan fingerprint density at radius 3 is 2.64 bits per heavy atom. The fourth-order valence-electron chi connectivity index (χ4n) is 5.25. The summed E-state index contributed by atoms with van der Waals surface area (Å²) in [5.41, 5.74) is 0.940. The van der Waals surface area contributed by atoms with Crippen LogP contribution in [0, 0.1) is 29.1 Å². The van der Waals surface area contributed by atoms with Crippen molar-refractivity contribution in [1.82, 2.24) is 0 Å². The Balaban J connectivity index is 1.68. The summed E-state index contributed by atoms with van der Waals surface area (Å²) in [5.74, 6) is 4.67. The molecule has 3 rings (SSSR count). The molecular formula is C14H24. The smallest absolute Gasteiger partial charge is 0.0207 e. The molecular weight excluding hydrogens is 168 g/mol. The molecule has 0 N–H and O–H groups in total. The Morgan fingerprint density at radius 1 is 1.29 bits per heavy atom. The van der Waals surface area contributed by atoms with Crippen LogP contribution in [0.15, 0.2) is 0 Å². The van der Waals surface area contributed by atoms with Crippen LogP contribution < -0.4 is 0 Å². The largest absolute Gasteiger partial charge is 0.0654 e. The maximum Gasteiger partial charge on any atom is -0.0207 e. The molecule has 14 heavy (non-hydrogen) atoms. The molecule has 0 saturated heterocycles. The maximum absolute atomic E-state index is 2.42. The second-order valence-electron chi connectivity index (χ2n) is 6.01. The SMILES string of the molecule is CCCCC1C(CC)C2CC3CCC312. The Hall–Kier alpha value is 0. The highest BCUT2D eigenvalue weighted by atomic mass is 14.8. The second kappa shape index (κ2) is 3.00. The zero-order chi connectivity index (χ0) is 9.76. The zero-order valence-corrected chi connectivity index (χ0v) is 9.76. The lowest BCUT2D eigenvalue weighted by atomic mass is 9.26. The molecule has 5 unspecified atom stereocenters. The van der Waals surface area contributed by atoms with E-state index in [1.54, 1.807) is 25.7 Å². The van der Waals surface area contributed by atoms with Crippen LogP contribution in [0.5, 0.6) is 0 Å². The molecule has 0 heteroatoms. The number of hydrogen-bond donors (Lipinski definition) is 0. The summed E-state index contributed by atoms with van der Waals surface area (Å²) < 4.78 is 0. The van der Waals surface area contributed by atoms with Gasteiger partial charge in [0.05, 0.1) is 0 Å². The lowest BCUT2D eigenvalue weighted by Crippen LogP contribution is -2.72. The molecule has 3 aliphatic rings. The van der Waals surface area contributed by atoms with Gasteiger partial charge in [-0.25, -0.2) is 0 Å². The average Bonchev–Trinajstić information content (AvgIpc) is 2.15. The molecule has 3 saturated carbocycles. The standard InChI is InChI=1S/C14H24/c1-3-5-6-12-11(4-2)13-9-10-7-8-14(10,12)13/h10-13H,3-9H2,1-2H3. The molecule has 3 aliphatic carbocycles. The molecule has 1 spiro atoms. The lowest BCUT2D eigenvalue weighted by molar-refractivity contribution is -0.306. The summed E-state index contributed by atoms with van der Waals surface area (Å²) in [5, 5.41) is 0. The normalized spacial score (nSPS) is 53.6. The van der Waals surface area contributed by atoms with Gasteiger partial charge in [0, 0.05) is 0 Å². The zero-order valence-electron chi connectivity index (χ0n) is 9.76. The van der Waals surface area contributed by atoms with Crippen molar-refractivity contribution in [3.63, 3.8) is 0 Å². The van der Waals surface area contributed by atoms with E-state index in [2.05, 4.69) is 13.8 Å². The summed E-state index contributed by atoms with van der Waals surface area (Å²) in [6.07, 6.45) is 10.7. The van der Waals surface area contributed by atoms with Crippen LogP contribution in [0.3, 0.4) is 0 Å². The van der Waals surface area contributed by atoms with Gasteiger partial charge in [0.25, 0.3) is 0 Å². The third-order valence-electron chi connectivity index (χ3n) is 5.98. The molecule has 0 aromatic rings. The average molecular weight is 192 g/mol. The minimum Gasteiger partial charge on any atom is -0.0654 e.